The van der Waals surface area contributed by atoms with Crippen molar-refractivity contribution in [2.24, 2.45) is 0 Å². The maximum absolute atomic E-state index is 12.9. The third-order valence-electron chi connectivity index (χ3n) is 3.79. The molecule has 0 aliphatic carbocycles. The van der Waals surface area contributed by atoms with E-state index in [2.05, 4.69) is 4.90 Å². The summed E-state index contributed by atoms with van der Waals surface area (Å²) in [6.07, 6.45) is -0.341. The van der Waals surface area contributed by atoms with Crippen molar-refractivity contribution in [2.75, 3.05) is 26.7 Å². The van der Waals surface area contributed by atoms with E-state index in [1.807, 2.05) is 0 Å². The Hall–Kier alpha value is -1.20. The highest BCUT2D eigenvalue weighted by molar-refractivity contribution is 5.38. The van der Waals surface area contributed by atoms with Gasteiger partial charge in [0.05, 0.1) is 18.8 Å². The minimum absolute atomic E-state index is 0.162. The Balaban J connectivity index is 2.01. The highest BCUT2D eigenvalue weighted by Gasteiger charge is 2.18. The van der Waals surface area contributed by atoms with Crippen molar-refractivity contribution in [3.63, 3.8) is 0 Å². The number of likely N-dealkylation sites (tertiary alicyclic amines) is 1. The number of benzene rings is 1. The molecule has 0 radical (unpaired) electrons. The van der Waals surface area contributed by atoms with Crippen molar-refractivity contribution in [1.29, 1.82) is 0 Å². The van der Waals surface area contributed by atoms with Crippen LogP contribution in [0.2, 0.25) is 0 Å². The Morgan fingerprint density at radius 3 is 2.60 bits per heavy atom. The molecule has 1 fully saturated rings. The number of alkyl halides is 2. The molecule has 0 spiro atoms. The average molecular weight is 285 g/mol. The smallest absolute Gasteiger partial charge is 0.267 e. The second-order valence-electron chi connectivity index (χ2n) is 5.16. The summed E-state index contributed by atoms with van der Waals surface area (Å²) in [5.74, 6) is 0.162. The molecule has 0 amide bonds. The molecule has 0 bridgehead atoms. The monoisotopic (exact) mass is 285 g/mol. The summed E-state index contributed by atoms with van der Waals surface area (Å²) in [6, 6.07) is 4.49. The third kappa shape index (κ3) is 3.67. The van der Waals surface area contributed by atoms with Crippen molar-refractivity contribution in [3.05, 3.63) is 29.3 Å². The van der Waals surface area contributed by atoms with Crippen molar-refractivity contribution < 1.29 is 18.6 Å². The summed E-state index contributed by atoms with van der Waals surface area (Å²) in [5, 5.41) is 10.1. The molecular formula is C15H21F2NO2. The third-order valence-corrected chi connectivity index (χ3v) is 3.79. The molecule has 5 heteroatoms. The number of aliphatic hydroxyl groups is 1. The standard InChI is InChI=1S/C15H21F2NO2/c1-20-14-5-4-11(10-12(14)15(16)17)13(19)6-9-18-7-2-3-8-18/h4-5,10,13,15,19H,2-3,6-9H2,1H3. The molecular weight excluding hydrogens is 264 g/mol. The van der Waals surface area contributed by atoms with Crippen molar-refractivity contribution in [1.82, 2.24) is 4.90 Å². The molecule has 20 heavy (non-hydrogen) atoms. The number of ether oxygens (including phenoxy) is 1. The molecule has 1 aliphatic rings. The molecule has 1 atom stereocenters. The van der Waals surface area contributed by atoms with E-state index in [-0.39, 0.29) is 11.3 Å². The molecule has 1 aliphatic heterocycles. The topological polar surface area (TPSA) is 32.7 Å². The number of methoxy groups -OCH3 is 1. The van der Waals surface area contributed by atoms with Crippen LogP contribution in [0.5, 0.6) is 5.75 Å². The number of hydrogen-bond acceptors (Lipinski definition) is 3. The minimum atomic E-state index is -2.60. The summed E-state index contributed by atoms with van der Waals surface area (Å²) in [7, 11) is 1.37. The molecule has 1 aromatic rings. The average Bonchev–Trinajstić information content (AvgIpc) is 2.97. The van der Waals surface area contributed by atoms with Gasteiger partial charge in [0.25, 0.3) is 6.43 Å². The second-order valence-corrected chi connectivity index (χ2v) is 5.16. The van der Waals surface area contributed by atoms with Crippen LogP contribution in [-0.4, -0.2) is 36.8 Å². The normalized spacial score (nSPS) is 17.6. The second kappa shape index (κ2) is 6.99. The lowest BCUT2D eigenvalue weighted by Crippen LogP contribution is -2.22. The zero-order chi connectivity index (χ0) is 14.5. The van der Waals surface area contributed by atoms with Gasteiger partial charge in [0.1, 0.15) is 5.75 Å². The molecule has 1 saturated heterocycles. The number of hydrogen-bond donors (Lipinski definition) is 1. The molecule has 2 rings (SSSR count). The van der Waals surface area contributed by atoms with Gasteiger partial charge in [0, 0.05) is 6.54 Å². The van der Waals surface area contributed by atoms with E-state index in [0.717, 1.165) is 19.6 Å². The molecule has 0 saturated carbocycles. The van der Waals surface area contributed by atoms with E-state index in [1.54, 1.807) is 6.07 Å². The van der Waals surface area contributed by atoms with Gasteiger partial charge in [-0.25, -0.2) is 8.78 Å². The highest BCUT2D eigenvalue weighted by atomic mass is 19.3. The number of aliphatic hydroxyl groups excluding tert-OH is 1. The molecule has 112 valence electrons. The van der Waals surface area contributed by atoms with Gasteiger partial charge in [-0.15, -0.1) is 0 Å². The SMILES string of the molecule is COc1ccc(C(O)CCN2CCCC2)cc1C(F)F. The van der Waals surface area contributed by atoms with E-state index >= 15 is 0 Å². The first-order chi connectivity index (χ1) is 9.61. The van der Waals surface area contributed by atoms with E-state index in [4.69, 9.17) is 4.74 Å². The number of halogens is 2. The number of nitrogens with zero attached hydrogens (tertiary/aromatic N) is 1. The van der Waals surface area contributed by atoms with E-state index in [9.17, 15) is 13.9 Å². The molecule has 1 aromatic carbocycles. The van der Waals surface area contributed by atoms with Crippen LogP contribution in [0.3, 0.4) is 0 Å². The Labute approximate surface area is 118 Å². The van der Waals surface area contributed by atoms with Crippen molar-refractivity contribution in [2.45, 2.75) is 31.8 Å². The lowest BCUT2D eigenvalue weighted by Gasteiger charge is -2.18. The first-order valence-corrected chi connectivity index (χ1v) is 6.98. The van der Waals surface area contributed by atoms with Gasteiger partial charge in [0.15, 0.2) is 0 Å². The quantitative estimate of drug-likeness (QED) is 0.871. The van der Waals surface area contributed by atoms with E-state index in [1.165, 1.54) is 32.1 Å². The van der Waals surface area contributed by atoms with Crippen LogP contribution < -0.4 is 4.74 Å². The van der Waals surface area contributed by atoms with Gasteiger partial charge < -0.3 is 14.7 Å². The summed E-state index contributed by atoms with van der Waals surface area (Å²) in [6.45, 7) is 2.94. The maximum atomic E-state index is 12.9. The number of rotatable bonds is 6. The summed E-state index contributed by atoms with van der Waals surface area (Å²) < 4.78 is 30.8. The summed E-state index contributed by atoms with van der Waals surface area (Å²) >= 11 is 0. The van der Waals surface area contributed by atoms with Gasteiger partial charge in [0.2, 0.25) is 0 Å². The van der Waals surface area contributed by atoms with Crippen LogP contribution in [0.4, 0.5) is 8.78 Å². The van der Waals surface area contributed by atoms with Crippen molar-refractivity contribution >= 4 is 0 Å². The zero-order valence-corrected chi connectivity index (χ0v) is 11.7. The summed E-state index contributed by atoms with van der Waals surface area (Å²) in [5.41, 5.74) is 0.366. The first kappa shape index (κ1) is 15.2. The van der Waals surface area contributed by atoms with Gasteiger partial charge in [-0.05, 0) is 50.0 Å². The van der Waals surface area contributed by atoms with Crippen molar-refractivity contribution in [3.8, 4) is 5.75 Å². The molecule has 1 heterocycles. The van der Waals surface area contributed by atoms with Crippen LogP contribution in [-0.2, 0) is 0 Å². The van der Waals surface area contributed by atoms with Crippen LogP contribution in [0.1, 0.15) is 42.9 Å². The van der Waals surface area contributed by atoms with Gasteiger partial charge in [-0.2, -0.15) is 0 Å². The highest BCUT2D eigenvalue weighted by Crippen LogP contribution is 2.32. The Morgan fingerprint density at radius 2 is 2.00 bits per heavy atom. The summed E-state index contributed by atoms with van der Waals surface area (Å²) in [4.78, 5) is 2.29. The van der Waals surface area contributed by atoms with Gasteiger partial charge >= 0.3 is 0 Å². The Morgan fingerprint density at radius 1 is 1.30 bits per heavy atom. The maximum Gasteiger partial charge on any atom is 0.267 e. The van der Waals surface area contributed by atoms with Crippen LogP contribution in [0, 0.1) is 0 Å². The minimum Gasteiger partial charge on any atom is -0.496 e. The Kier molecular flexibility index (Phi) is 5.31. The lowest BCUT2D eigenvalue weighted by molar-refractivity contribution is 0.141. The van der Waals surface area contributed by atoms with Crippen LogP contribution >= 0.6 is 0 Å². The first-order valence-electron chi connectivity index (χ1n) is 6.98. The lowest BCUT2D eigenvalue weighted by atomic mass is 10.0. The fourth-order valence-electron chi connectivity index (χ4n) is 2.61. The molecule has 1 N–H and O–H groups in total. The van der Waals surface area contributed by atoms with E-state index < -0.39 is 12.5 Å². The molecule has 0 aromatic heterocycles. The van der Waals surface area contributed by atoms with Crippen LogP contribution in [0.25, 0.3) is 0 Å². The van der Waals surface area contributed by atoms with Crippen LogP contribution in [0.15, 0.2) is 18.2 Å². The van der Waals surface area contributed by atoms with Gasteiger partial charge in [-0.1, -0.05) is 6.07 Å². The van der Waals surface area contributed by atoms with Gasteiger partial charge in [-0.3, -0.25) is 0 Å². The predicted molar refractivity (Wildman–Crippen MR) is 73.2 cm³/mol. The fourth-order valence-corrected chi connectivity index (χ4v) is 2.61. The Bertz CT molecular complexity index is 434. The fraction of sp³-hybridized carbons (Fsp3) is 0.600. The van der Waals surface area contributed by atoms with E-state index in [0.29, 0.717) is 12.0 Å². The zero-order valence-electron chi connectivity index (χ0n) is 11.7. The molecule has 1 unspecified atom stereocenters. The predicted octanol–water partition coefficient (Wildman–Crippen LogP) is 3.15. The molecule has 3 nitrogen and oxygen atoms in total. The largest absolute Gasteiger partial charge is 0.496 e.